The Balaban J connectivity index is 1.90. The summed E-state index contributed by atoms with van der Waals surface area (Å²) in [5, 5.41) is 0. The number of methoxy groups -OCH3 is 1. The van der Waals surface area contributed by atoms with E-state index in [1.54, 1.807) is 31.4 Å². The molecular weight excluding hydrogens is 296 g/mol. The number of esters is 1. The molecule has 0 aromatic heterocycles. The maximum absolute atomic E-state index is 12.4. The highest BCUT2D eigenvalue weighted by molar-refractivity contribution is 6.14. The monoisotopic (exact) mass is 310 g/mol. The molecule has 0 aliphatic carbocycles. The Morgan fingerprint density at radius 1 is 1.13 bits per heavy atom. The lowest BCUT2D eigenvalue weighted by Crippen LogP contribution is -2.01. The quantitative estimate of drug-likeness (QED) is 0.495. The highest BCUT2D eigenvalue weighted by atomic mass is 16.5. The van der Waals surface area contributed by atoms with E-state index in [9.17, 15) is 9.59 Å². The minimum Gasteiger partial charge on any atom is -0.497 e. The molecule has 1 heterocycles. The van der Waals surface area contributed by atoms with Gasteiger partial charge in [-0.1, -0.05) is 12.1 Å². The highest BCUT2D eigenvalue weighted by Crippen LogP contribution is 2.35. The maximum Gasteiger partial charge on any atom is 0.308 e. The van der Waals surface area contributed by atoms with Gasteiger partial charge < -0.3 is 14.2 Å². The molecule has 1 aliphatic rings. The van der Waals surface area contributed by atoms with Crippen LogP contribution in [0.3, 0.4) is 0 Å². The van der Waals surface area contributed by atoms with Crippen LogP contribution in [0.4, 0.5) is 0 Å². The van der Waals surface area contributed by atoms with Gasteiger partial charge in [0.05, 0.1) is 12.7 Å². The van der Waals surface area contributed by atoms with E-state index in [1.165, 1.54) is 13.0 Å². The van der Waals surface area contributed by atoms with Crippen molar-refractivity contribution >= 4 is 17.8 Å². The predicted octanol–water partition coefficient (Wildman–Crippen LogP) is 3.24. The first-order valence-electron chi connectivity index (χ1n) is 6.97. The molecule has 5 nitrogen and oxygen atoms in total. The molecule has 0 atom stereocenters. The Labute approximate surface area is 133 Å². The molecule has 116 valence electrons. The number of allylic oxidation sites excluding steroid dienone is 1. The van der Waals surface area contributed by atoms with E-state index in [0.717, 1.165) is 5.56 Å². The van der Waals surface area contributed by atoms with E-state index in [-0.39, 0.29) is 11.5 Å². The van der Waals surface area contributed by atoms with Crippen LogP contribution in [0.2, 0.25) is 0 Å². The lowest BCUT2D eigenvalue weighted by Gasteiger charge is -2.03. The second-order valence-corrected chi connectivity index (χ2v) is 4.97. The number of rotatable bonds is 3. The van der Waals surface area contributed by atoms with E-state index >= 15 is 0 Å². The summed E-state index contributed by atoms with van der Waals surface area (Å²) in [6.45, 7) is 1.31. The van der Waals surface area contributed by atoms with Gasteiger partial charge in [0.1, 0.15) is 17.2 Å². The number of carbonyl (C=O) groups is 2. The Morgan fingerprint density at radius 3 is 2.70 bits per heavy atom. The Hall–Kier alpha value is -3.08. The van der Waals surface area contributed by atoms with Gasteiger partial charge >= 0.3 is 5.97 Å². The fraction of sp³-hybridized carbons (Fsp3) is 0.111. The lowest BCUT2D eigenvalue weighted by molar-refractivity contribution is -0.131. The first-order valence-corrected chi connectivity index (χ1v) is 6.97. The van der Waals surface area contributed by atoms with Crippen LogP contribution in [0.1, 0.15) is 22.8 Å². The lowest BCUT2D eigenvalue weighted by atomic mass is 10.1. The fourth-order valence-corrected chi connectivity index (χ4v) is 2.28. The summed E-state index contributed by atoms with van der Waals surface area (Å²) in [6.07, 6.45) is 1.65. The van der Waals surface area contributed by atoms with Crippen LogP contribution in [-0.2, 0) is 4.79 Å². The van der Waals surface area contributed by atoms with Crippen molar-refractivity contribution in [1.82, 2.24) is 0 Å². The van der Waals surface area contributed by atoms with Crippen LogP contribution in [0.15, 0.2) is 48.2 Å². The van der Waals surface area contributed by atoms with Gasteiger partial charge in [0.25, 0.3) is 0 Å². The van der Waals surface area contributed by atoms with Crippen LogP contribution in [0, 0.1) is 0 Å². The van der Waals surface area contributed by atoms with Gasteiger partial charge in [-0.15, -0.1) is 0 Å². The van der Waals surface area contributed by atoms with Crippen molar-refractivity contribution in [2.45, 2.75) is 6.92 Å². The molecule has 3 rings (SSSR count). The summed E-state index contributed by atoms with van der Waals surface area (Å²) in [5.74, 6) is 0.987. The first-order chi connectivity index (χ1) is 11.1. The molecule has 0 saturated heterocycles. The zero-order valence-corrected chi connectivity index (χ0v) is 12.7. The number of hydrogen-bond acceptors (Lipinski definition) is 5. The van der Waals surface area contributed by atoms with Crippen molar-refractivity contribution in [1.29, 1.82) is 0 Å². The zero-order valence-electron chi connectivity index (χ0n) is 12.7. The highest BCUT2D eigenvalue weighted by Gasteiger charge is 2.27. The number of ketones is 1. The molecule has 1 aliphatic heterocycles. The number of ether oxygens (including phenoxy) is 3. The molecule has 2 aromatic carbocycles. The minimum atomic E-state index is -0.429. The van der Waals surface area contributed by atoms with Gasteiger partial charge in [0.2, 0.25) is 5.78 Å². The first kappa shape index (κ1) is 14.8. The number of Topliss-reactive ketones (excluding diaryl/α,β-unsaturated/α-hetero) is 1. The Bertz CT molecular complexity index is 820. The smallest absolute Gasteiger partial charge is 0.308 e. The summed E-state index contributed by atoms with van der Waals surface area (Å²) in [7, 11) is 1.58. The minimum absolute atomic E-state index is 0.211. The zero-order chi connectivity index (χ0) is 16.4. The Kier molecular flexibility index (Phi) is 3.85. The van der Waals surface area contributed by atoms with Gasteiger partial charge in [0, 0.05) is 13.0 Å². The molecule has 0 fully saturated rings. The van der Waals surface area contributed by atoms with Gasteiger partial charge in [-0.3, -0.25) is 9.59 Å². The number of hydrogen-bond donors (Lipinski definition) is 0. The molecule has 0 unspecified atom stereocenters. The maximum atomic E-state index is 12.4. The summed E-state index contributed by atoms with van der Waals surface area (Å²) < 4.78 is 15.7. The molecule has 0 spiro atoms. The van der Waals surface area contributed by atoms with Crippen LogP contribution in [0.25, 0.3) is 6.08 Å². The summed E-state index contributed by atoms with van der Waals surface area (Å²) in [4.78, 5) is 23.3. The topological polar surface area (TPSA) is 61.8 Å². The average Bonchev–Trinajstić information content (AvgIpc) is 2.82. The van der Waals surface area contributed by atoms with Crippen LogP contribution >= 0.6 is 0 Å². The van der Waals surface area contributed by atoms with Crippen molar-refractivity contribution in [3.8, 4) is 17.2 Å². The number of fused-ring (bicyclic) bond motifs is 1. The van der Waals surface area contributed by atoms with Crippen molar-refractivity contribution in [3.05, 3.63) is 59.4 Å². The van der Waals surface area contributed by atoms with Crippen LogP contribution < -0.4 is 14.2 Å². The van der Waals surface area contributed by atoms with E-state index in [1.807, 2.05) is 18.2 Å². The molecule has 5 heteroatoms. The third-order valence-corrected chi connectivity index (χ3v) is 3.29. The molecule has 0 bridgehead atoms. The third kappa shape index (κ3) is 3.08. The molecule has 0 radical (unpaired) electrons. The molecular formula is C18H14O5. The predicted molar refractivity (Wildman–Crippen MR) is 83.7 cm³/mol. The Morgan fingerprint density at radius 2 is 1.96 bits per heavy atom. The second kappa shape index (κ2) is 5.96. The van der Waals surface area contributed by atoms with Crippen molar-refractivity contribution in [2.24, 2.45) is 0 Å². The van der Waals surface area contributed by atoms with E-state index < -0.39 is 5.97 Å². The summed E-state index contributed by atoms with van der Waals surface area (Å²) >= 11 is 0. The van der Waals surface area contributed by atoms with Crippen molar-refractivity contribution < 1.29 is 23.8 Å². The van der Waals surface area contributed by atoms with Gasteiger partial charge in [-0.25, -0.2) is 0 Å². The largest absolute Gasteiger partial charge is 0.497 e. The van der Waals surface area contributed by atoms with Gasteiger partial charge in [0.15, 0.2) is 5.76 Å². The molecule has 23 heavy (non-hydrogen) atoms. The summed E-state index contributed by atoms with van der Waals surface area (Å²) in [5.41, 5.74) is 1.23. The molecule has 0 amide bonds. The summed E-state index contributed by atoms with van der Waals surface area (Å²) in [6, 6.07) is 12.0. The van der Waals surface area contributed by atoms with Crippen molar-refractivity contribution in [3.63, 3.8) is 0 Å². The van der Waals surface area contributed by atoms with Gasteiger partial charge in [-0.05, 0) is 35.9 Å². The number of benzene rings is 2. The van der Waals surface area contributed by atoms with Gasteiger partial charge in [-0.2, -0.15) is 0 Å². The fourth-order valence-electron chi connectivity index (χ4n) is 2.28. The number of carbonyl (C=O) groups excluding carboxylic acids is 2. The van der Waals surface area contributed by atoms with Crippen molar-refractivity contribution in [2.75, 3.05) is 7.11 Å². The van der Waals surface area contributed by atoms with E-state index in [4.69, 9.17) is 14.2 Å². The van der Waals surface area contributed by atoms with E-state index in [2.05, 4.69) is 0 Å². The SMILES string of the molecule is COc1cccc(/C=C2\Oc3cc(OC(C)=O)ccc3C2=O)c1. The molecule has 0 N–H and O–H groups in total. The average molecular weight is 310 g/mol. The molecule has 2 aromatic rings. The van der Waals surface area contributed by atoms with E-state index in [0.29, 0.717) is 22.8 Å². The van der Waals surface area contributed by atoms with Crippen LogP contribution in [-0.4, -0.2) is 18.9 Å². The molecule has 0 saturated carbocycles. The van der Waals surface area contributed by atoms with Crippen LogP contribution in [0.5, 0.6) is 17.2 Å². The third-order valence-electron chi connectivity index (χ3n) is 3.29. The second-order valence-electron chi connectivity index (χ2n) is 4.97. The normalized spacial score (nSPS) is 14.3. The standard InChI is InChI=1S/C18H14O5/c1-11(19)22-14-6-7-15-16(10-14)23-17(18(15)20)9-12-4-3-5-13(8-12)21-2/h3-10H,1-2H3/b17-9-.